The van der Waals surface area contributed by atoms with Crippen molar-refractivity contribution in [2.75, 3.05) is 26.4 Å². The molecule has 1 aliphatic heterocycles. The van der Waals surface area contributed by atoms with Gasteiger partial charge in [0.15, 0.2) is 0 Å². The van der Waals surface area contributed by atoms with Crippen molar-refractivity contribution in [3.05, 3.63) is 35.1 Å². The van der Waals surface area contributed by atoms with Crippen molar-refractivity contribution in [3.63, 3.8) is 0 Å². The Bertz CT molecular complexity index is 419. The monoisotopic (exact) mass is 281 g/mol. The predicted molar refractivity (Wildman–Crippen MR) is 77.5 cm³/mol. The summed E-state index contributed by atoms with van der Waals surface area (Å²) in [5.74, 6) is -0.180. The average Bonchev–Trinajstić information content (AvgIpc) is 2.48. The van der Waals surface area contributed by atoms with E-state index in [1.807, 2.05) is 13.0 Å². The molecule has 0 bridgehead atoms. The standard InChI is InChI=1S/C16H24FNO2/c1-3-6-18-15(16-11-19-7-8-20-16)10-13-9-14(17)5-4-12(13)2/h4-5,9,15-16,18H,3,6-8,10-11H2,1-2H3. The zero-order valence-electron chi connectivity index (χ0n) is 12.3. The van der Waals surface area contributed by atoms with Crippen molar-refractivity contribution in [2.24, 2.45) is 0 Å². The second-order valence-electron chi connectivity index (χ2n) is 5.32. The van der Waals surface area contributed by atoms with Gasteiger partial charge in [0.2, 0.25) is 0 Å². The van der Waals surface area contributed by atoms with E-state index >= 15 is 0 Å². The Labute approximate surface area is 120 Å². The minimum absolute atomic E-state index is 0.0398. The van der Waals surface area contributed by atoms with E-state index in [-0.39, 0.29) is 18.0 Å². The summed E-state index contributed by atoms with van der Waals surface area (Å²) in [6.07, 6.45) is 1.86. The van der Waals surface area contributed by atoms with Crippen molar-refractivity contribution in [2.45, 2.75) is 38.8 Å². The quantitative estimate of drug-likeness (QED) is 0.869. The molecule has 1 saturated heterocycles. The van der Waals surface area contributed by atoms with E-state index in [9.17, 15) is 4.39 Å². The van der Waals surface area contributed by atoms with E-state index in [2.05, 4.69) is 12.2 Å². The molecule has 1 aromatic rings. The van der Waals surface area contributed by atoms with Crippen molar-refractivity contribution >= 4 is 0 Å². The third kappa shape index (κ3) is 4.27. The maximum absolute atomic E-state index is 13.4. The molecule has 0 saturated carbocycles. The summed E-state index contributed by atoms with van der Waals surface area (Å²) in [5.41, 5.74) is 2.15. The Morgan fingerprint density at radius 1 is 1.40 bits per heavy atom. The summed E-state index contributed by atoms with van der Waals surface area (Å²) in [6, 6.07) is 5.13. The molecular weight excluding hydrogens is 257 g/mol. The summed E-state index contributed by atoms with van der Waals surface area (Å²) >= 11 is 0. The molecule has 3 nitrogen and oxygen atoms in total. The highest BCUT2D eigenvalue weighted by atomic mass is 19.1. The van der Waals surface area contributed by atoms with Crippen molar-refractivity contribution in [1.82, 2.24) is 5.32 Å². The molecule has 1 aromatic carbocycles. The summed E-state index contributed by atoms with van der Waals surface area (Å²) in [7, 11) is 0. The molecule has 0 amide bonds. The minimum Gasteiger partial charge on any atom is -0.376 e. The van der Waals surface area contributed by atoms with Gasteiger partial charge in [0, 0.05) is 6.04 Å². The van der Waals surface area contributed by atoms with Gasteiger partial charge in [0.05, 0.1) is 25.9 Å². The third-order valence-electron chi connectivity index (χ3n) is 3.70. The zero-order chi connectivity index (χ0) is 14.4. The van der Waals surface area contributed by atoms with Crippen LogP contribution in [0.2, 0.25) is 0 Å². The van der Waals surface area contributed by atoms with Gasteiger partial charge in [-0.3, -0.25) is 0 Å². The van der Waals surface area contributed by atoms with Gasteiger partial charge in [-0.15, -0.1) is 0 Å². The highest BCUT2D eigenvalue weighted by molar-refractivity contribution is 5.27. The molecule has 0 aliphatic carbocycles. The van der Waals surface area contributed by atoms with Crippen molar-refractivity contribution in [3.8, 4) is 0 Å². The van der Waals surface area contributed by atoms with Crippen LogP contribution in [0.15, 0.2) is 18.2 Å². The molecule has 0 spiro atoms. The average molecular weight is 281 g/mol. The highest BCUT2D eigenvalue weighted by Gasteiger charge is 2.25. The fraction of sp³-hybridized carbons (Fsp3) is 0.625. The number of benzene rings is 1. The predicted octanol–water partition coefficient (Wildman–Crippen LogP) is 2.46. The highest BCUT2D eigenvalue weighted by Crippen LogP contribution is 2.16. The lowest BCUT2D eigenvalue weighted by molar-refractivity contribution is -0.101. The van der Waals surface area contributed by atoms with Crippen LogP contribution in [0.25, 0.3) is 0 Å². The topological polar surface area (TPSA) is 30.5 Å². The third-order valence-corrected chi connectivity index (χ3v) is 3.70. The fourth-order valence-corrected chi connectivity index (χ4v) is 2.50. The molecule has 2 rings (SSSR count). The Hall–Kier alpha value is -0.970. The molecular formula is C16H24FNO2. The first-order chi connectivity index (χ1) is 9.70. The van der Waals surface area contributed by atoms with Gasteiger partial charge in [0.25, 0.3) is 0 Å². The summed E-state index contributed by atoms with van der Waals surface area (Å²) in [6.45, 7) is 6.99. The van der Waals surface area contributed by atoms with E-state index in [0.29, 0.717) is 19.8 Å². The smallest absolute Gasteiger partial charge is 0.123 e. The summed E-state index contributed by atoms with van der Waals surface area (Å²) in [5, 5.41) is 3.51. The molecule has 20 heavy (non-hydrogen) atoms. The van der Waals surface area contributed by atoms with Crippen LogP contribution in [-0.4, -0.2) is 38.5 Å². The van der Waals surface area contributed by atoms with Gasteiger partial charge in [-0.1, -0.05) is 13.0 Å². The summed E-state index contributed by atoms with van der Waals surface area (Å²) in [4.78, 5) is 0. The van der Waals surface area contributed by atoms with Crippen LogP contribution in [-0.2, 0) is 15.9 Å². The van der Waals surface area contributed by atoms with E-state index < -0.39 is 0 Å². The van der Waals surface area contributed by atoms with Gasteiger partial charge in [-0.05, 0) is 49.6 Å². The number of halogens is 1. The number of hydrogen-bond donors (Lipinski definition) is 1. The number of ether oxygens (including phenoxy) is 2. The van der Waals surface area contributed by atoms with E-state index in [0.717, 1.165) is 30.5 Å². The molecule has 1 aliphatic rings. The Kier molecular flexibility index (Phi) is 5.95. The number of rotatable bonds is 6. The van der Waals surface area contributed by atoms with Gasteiger partial charge >= 0.3 is 0 Å². The van der Waals surface area contributed by atoms with E-state index in [1.54, 1.807) is 6.07 Å². The van der Waals surface area contributed by atoms with Crippen molar-refractivity contribution < 1.29 is 13.9 Å². The van der Waals surface area contributed by atoms with Crippen LogP contribution in [0.4, 0.5) is 4.39 Å². The minimum atomic E-state index is -0.180. The molecule has 2 unspecified atom stereocenters. The van der Waals surface area contributed by atoms with Crippen LogP contribution in [0.1, 0.15) is 24.5 Å². The fourth-order valence-electron chi connectivity index (χ4n) is 2.50. The molecule has 0 aromatic heterocycles. The lowest BCUT2D eigenvalue weighted by Crippen LogP contribution is -2.48. The normalized spacial score (nSPS) is 20.9. The number of aryl methyl sites for hydroxylation is 1. The first-order valence-corrected chi connectivity index (χ1v) is 7.38. The Balaban J connectivity index is 2.07. The Morgan fingerprint density at radius 2 is 2.25 bits per heavy atom. The van der Waals surface area contributed by atoms with Gasteiger partial charge in [-0.25, -0.2) is 4.39 Å². The van der Waals surface area contributed by atoms with Crippen molar-refractivity contribution in [1.29, 1.82) is 0 Å². The first kappa shape index (κ1) is 15.4. The van der Waals surface area contributed by atoms with Gasteiger partial charge in [0.1, 0.15) is 5.82 Å². The summed E-state index contributed by atoms with van der Waals surface area (Å²) < 4.78 is 24.7. The zero-order valence-corrected chi connectivity index (χ0v) is 12.3. The molecule has 4 heteroatoms. The van der Waals surface area contributed by atoms with Gasteiger partial charge in [-0.2, -0.15) is 0 Å². The SMILES string of the molecule is CCCNC(Cc1cc(F)ccc1C)C1COCCO1. The molecule has 1 N–H and O–H groups in total. The first-order valence-electron chi connectivity index (χ1n) is 7.38. The number of hydrogen-bond acceptors (Lipinski definition) is 3. The van der Waals surface area contributed by atoms with E-state index in [1.165, 1.54) is 6.07 Å². The maximum Gasteiger partial charge on any atom is 0.123 e. The largest absolute Gasteiger partial charge is 0.376 e. The Morgan fingerprint density at radius 3 is 2.95 bits per heavy atom. The second kappa shape index (κ2) is 7.72. The van der Waals surface area contributed by atoms with Crippen LogP contribution >= 0.6 is 0 Å². The lowest BCUT2D eigenvalue weighted by Gasteiger charge is -2.31. The molecule has 1 heterocycles. The second-order valence-corrected chi connectivity index (χ2v) is 5.32. The van der Waals surface area contributed by atoms with Crippen LogP contribution in [0.5, 0.6) is 0 Å². The van der Waals surface area contributed by atoms with Crippen LogP contribution in [0, 0.1) is 12.7 Å². The lowest BCUT2D eigenvalue weighted by atomic mass is 9.97. The van der Waals surface area contributed by atoms with E-state index in [4.69, 9.17) is 9.47 Å². The molecule has 2 atom stereocenters. The van der Waals surface area contributed by atoms with Gasteiger partial charge < -0.3 is 14.8 Å². The molecule has 0 radical (unpaired) electrons. The molecule has 1 fully saturated rings. The number of nitrogens with one attached hydrogen (secondary N) is 1. The maximum atomic E-state index is 13.4. The molecule has 112 valence electrons. The van der Waals surface area contributed by atoms with Crippen LogP contribution in [0.3, 0.4) is 0 Å². The van der Waals surface area contributed by atoms with Crippen LogP contribution < -0.4 is 5.32 Å².